The summed E-state index contributed by atoms with van der Waals surface area (Å²) < 4.78 is 1.91. The number of nitrogens with two attached hydrogens (primary N) is 1. The lowest BCUT2D eigenvalue weighted by atomic mass is 10.0. The second kappa shape index (κ2) is 10.3. The van der Waals surface area contributed by atoms with E-state index in [2.05, 4.69) is 16.3 Å². The first kappa shape index (κ1) is 20.4. The first-order valence-electron chi connectivity index (χ1n) is 9.07. The highest BCUT2D eigenvalue weighted by molar-refractivity contribution is 5.85. The minimum Gasteiger partial charge on any atom is -0.354 e. The molecule has 1 aliphatic heterocycles. The van der Waals surface area contributed by atoms with Crippen LogP contribution in [0.4, 0.5) is 0 Å². The van der Waals surface area contributed by atoms with Gasteiger partial charge in [0.2, 0.25) is 5.91 Å². The molecule has 1 aliphatic rings. The van der Waals surface area contributed by atoms with Gasteiger partial charge in [0, 0.05) is 38.3 Å². The molecule has 1 aromatic carbocycles. The summed E-state index contributed by atoms with van der Waals surface area (Å²) in [5, 5.41) is 7.72. The van der Waals surface area contributed by atoms with Crippen LogP contribution < -0.4 is 11.1 Å². The number of nitrogens with zero attached hydrogens (tertiary/aromatic N) is 3. The average Bonchev–Trinajstić information content (AvgIpc) is 3.11. The second-order valence-electron chi connectivity index (χ2n) is 6.55. The van der Waals surface area contributed by atoms with Crippen molar-refractivity contribution in [1.29, 1.82) is 0 Å². The first-order chi connectivity index (χ1) is 12.3. The predicted molar refractivity (Wildman–Crippen MR) is 106 cm³/mol. The number of nitrogens with one attached hydrogen (secondary N) is 1. The standard InChI is InChI=1S/C19H27N5O.ClH/c20-11-9-19(25)21-14-18-8-4-5-12-23(18)15-16-10-13-24(22-16)17-6-2-1-3-7-17;/h1-3,6-7,10,13,18H,4-5,8-9,11-12,14-15,20H2,(H,21,25);1H. The zero-order valence-electron chi connectivity index (χ0n) is 15.0. The number of hydrogen-bond donors (Lipinski definition) is 2. The molecule has 2 aromatic rings. The summed E-state index contributed by atoms with van der Waals surface area (Å²) in [4.78, 5) is 14.1. The summed E-state index contributed by atoms with van der Waals surface area (Å²) in [7, 11) is 0. The maximum absolute atomic E-state index is 11.7. The van der Waals surface area contributed by atoms with Gasteiger partial charge in [-0.3, -0.25) is 9.69 Å². The molecule has 2 heterocycles. The monoisotopic (exact) mass is 377 g/mol. The summed E-state index contributed by atoms with van der Waals surface area (Å²) in [6.45, 7) is 2.96. The largest absolute Gasteiger partial charge is 0.354 e. The van der Waals surface area contributed by atoms with Crippen LogP contribution in [0.15, 0.2) is 42.6 Å². The average molecular weight is 378 g/mol. The van der Waals surface area contributed by atoms with Gasteiger partial charge >= 0.3 is 0 Å². The highest BCUT2D eigenvalue weighted by Crippen LogP contribution is 2.19. The first-order valence-corrected chi connectivity index (χ1v) is 9.07. The number of para-hydroxylation sites is 1. The van der Waals surface area contributed by atoms with Gasteiger partial charge in [0.15, 0.2) is 0 Å². The normalized spacial score (nSPS) is 17.5. The van der Waals surface area contributed by atoms with E-state index in [-0.39, 0.29) is 18.3 Å². The summed E-state index contributed by atoms with van der Waals surface area (Å²) in [5.41, 5.74) is 7.56. The van der Waals surface area contributed by atoms with Gasteiger partial charge in [-0.1, -0.05) is 24.6 Å². The summed E-state index contributed by atoms with van der Waals surface area (Å²) in [5.74, 6) is 0.0429. The zero-order chi connectivity index (χ0) is 17.5. The smallest absolute Gasteiger partial charge is 0.221 e. The number of carbonyl (C=O) groups excluding carboxylic acids is 1. The Morgan fingerprint density at radius 2 is 2.04 bits per heavy atom. The van der Waals surface area contributed by atoms with Gasteiger partial charge in [0.1, 0.15) is 0 Å². The van der Waals surface area contributed by atoms with Gasteiger partial charge in [0.05, 0.1) is 11.4 Å². The lowest BCUT2D eigenvalue weighted by Crippen LogP contribution is -2.46. The Balaban J connectivity index is 0.00000243. The van der Waals surface area contributed by atoms with Crippen LogP contribution in [0.1, 0.15) is 31.4 Å². The van der Waals surface area contributed by atoms with E-state index in [9.17, 15) is 4.79 Å². The van der Waals surface area contributed by atoms with Crippen molar-refractivity contribution in [3.63, 3.8) is 0 Å². The van der Waals surface area contributed by atoms with Crippen LogP contribution in [0.2, 0.25) is 0 Å². The SMILES string of the molecule is Cl.NCCC(=O)NCC1CCCCN1Cc1ccn(-c2ccccc2)n1. The maximum Gasteiger partial charge on any atom is 0.221 e. The van der Waals surface area contributed by atoms with Crippen LogP contribution in [0.5, 0.6) is 0 Å². The fraction of sp³-hybridized carbons (Fsp3) is 0.474. The summed E-state index contributed by atoms with van der Waals surface area (Å²) >= 11 is 0. The highest BCUT2D eigenvalue weighted by atomic mass is 35.5. The number of halogens is 1. The van der Waals surface area contributed by atoms with Gasteiger partial charge in [-0.25, -0.2) is 4.68 Å². The number of piperidine rings is 1. The van der Waals surface area contributed by atoms with Crippen LogP contribution in [0, 0.1) is 0 Å². The molecule has 1 fully saturated rings. The number of benzene rings is 1. The zero-order valence-corrected chi connectivity index (χ0v) is 15.8. The van der Waals surface area contributed by atoms with Crippen molar-refractivity contribution < 1.29 is 4.79 Å². The van der Waals surface area contributed by atoms with Crippen LogP contribution in [-0.2, 0) is 11.3 Å². The molecule has 3 rings (SSSR count). The van der Waals surface area contributed by atoms with Crippen molar-refractivity contribution in [3.8, 4) is 5.69 Å². The van der Waals surface area contributed by atoms with Gasteiger partial charge < -0.3 is 11.1 Å². The topological polar surface area (TPSA) is 76.2 Å². The lowest BCUT2D eigenvalue weighted by Gasteiger charge is -2.35. The van der Waals surface area contributed by atoms with E-state index in [1.807, 2.05) is 41.2 Å². The molecule has 0 bridgehead atoms. The number of amides is 1. The number of carbonyl (C=O) groups is 1. The summed E-state index contributed by atoms with van der Waals surface area (Å²) in [6.07, 6.45) is 5.93. The fourth-order valence-corrected chi connectivity index (χ4v) is 3.33. The van der Waals surface area contributed by atoms with Gasteiger partial charge in [0.25, 0.3) is 0 Å². The molecule has 1 atom stereocenters. The van der Waals surface area contributed by atoms with E-state index in [0.29, 0.717) is 25.6 Å². The van der Waals surface area contributed by atoms with Crippen molar-refractivity contribution in [1.82, 2.24) is 20.0 Å². The van der Waals surface area contributed by atoms with Crippen molar-refractivity contribution in [2.24, 2.45) is 5.73 Å². The minimum absolute atomic E-state index is 0. The van der Waals surface area contributed by atoms with E-state index in [1.165, 1.54) is 12.8 Å². The van der Waals surface area contributed by atoms with Crippen LogP contribution in [-0.4, -0.2) is 46.3 Å². The summed E-state index contributed by atoms with van der Waals surface area (Å²) in [6, 6.07) is 12.6. The Morgan fingerprint density at radius 1 is 1.23 bits per heavy atom. The predicted octanol–water partition coefficient (Wildman–Crippen LogP) is 2.11. The van der Waals surface area contributed by atoms with Crippen molar-refractivity contribution in [3.05, 3.63) is 48.3 Å². The van der Waals surface area contributed by atoms with Crippen molar-refractivity contribution in [2.45, 2.75) is 38.3 Å². The molecule has 0 aliphatic carbocycles. The Kier molecular flexibility index (Phi) is 8.09. The number of rotatable bonds is 7. The van der Waals surface area contributed by atoms with Gasteiger partial charge in [-0.2, -0.15) is 5.10 Å². The maximum atomic E-state index is 11.7. The fourth-order valence-electron chi connectivity index (χ4n) is 3.33. The van der Waals surface area contributed by atoms with Crippen molar-refractivity contribution in [2.75, 3.05) is 19.6 Å². The Bertz CT molecular complexity index is 676. The Hall–Kier alpha value is -1.89. The van der Waals surface area contributed by atoms with Crippen LogP contribution >= 0.6 is 12.4 Å². The number of likely N-dealkylation sites (tertiary alicyclic amines) is 1. The molecule has 0 spiro atoms. The third-order valence-corrected chi connectivity index (χ3v) is 4.69. The molecule has 142 valence electrons. The van der Waals surface area contributed by atoms with Crippen LogP contribution in [0.25, 0.3) is 5.69 Å². The number of aromatic nitrogens is 2. The second-order valence-corrected chi connectivity index (χ2v) is 6.55. The Labute approximate surface area is 161 Å². The van der Waals surface area contributed by atoms with E-state index in [1.54, 1.807) is 0 Å². The lowest BCUT2D eigenvalue weighted by molar-refractivity contribution is -0.121. The van der Waals surface area contributed by atoms with Crippen molar-refractivity contribution >= 4 is 18.3 Å². The highest BCUT2D eigenvalue weighted by Gasteiger charge is 2.23. The quantitative estimate of drug-likeness (QED) is 0.774. The molecular weight excluding hydrogens is 350 g/mol. The molecule has 1 aromatic heterocycles. The molecular formula is C19H28ClN5O. The van der Waals surface area contributed by atoms with E-state index in [4.69, 9.17) is 10.8 Å². The van der Waals surface area contributed by atoms with E-state index in [0.717, 1.165) is 30.9 Å². The molecule has 1 unspecified atom stereocenters. The molecule has 1 saturated heterocycles. The van der Waals surface area contributed by atoms with Gasteiger partial charge in [-0.15, -0.1) is 12.4 Å². The molecule has 0 radical (unpaired) electrons. The molecule has 6 nitrogen and oxygen atoms in total. The van der Waals surface area contributed by atoms with Gasteiger partial charge in [-0.05, 0) is 37.6 Å². The molecule has 26 heavy (non-hydrogen) atoms. The molecule has 3 N–H and O–H groups in total. The molecule has 1 amide bonds. The molecule has 7 heteroatoms. The Morgan fingerprint density at radius 3 is 2.81 bits per heavy atom. The van der Waals surface area contributed by atoms with E-state index < -0.39 is 0 Å². The third-order valence-electron chi connectivity index (χ3n) is 4.69. The minimum atomic E-state index is 0. The van der Waals surface area contributed by atoms with E-state index >= 15 is 0 Å². The third kappa shape index (κ3) is 5.56. The number of hydrogen-bond acceptors (Lipinski definition) is 4. The molecule has 0 saturated carbocycles. The van der Waals surface area contributed by atoms with Crippen LogP contribution in [0.3, 0.4) is 0 Å².